The molecule has 0 N–H and O–H groups in total. The molecular formula is C32H32O8. The van der Waals surface area contributed by atoms with Gasteiger partial charge >= 0.3 is 17.9 Å². The number of carbonyl (C=O) groups excluding carboxylic acids is 3. The number of carbonyl (C=O) groups is 3. The normalized spacial score (nSPS) is 10.2. The fourth-order valence-corrected chi connectivity index (χ4v) is 3.56. The van der Waals surface area contributed by atoms with E-state index in [1.54, 1.807) is 36.4 Å². The van der Waals surface area contributed by atoms with Gasteiger partial charge in [-0.05, 0) is 85.3 Å². The third-order valence-electron chi connectivity index (χ3n) is 5.63. The van der Waals surface area contributed by atoms with Crippen LogP contribution in [0.15, 0.2) is 98.3 Å². The van der Waals surface area contributed by atoms with E-state index in [9.17, 15) is 14.4 Å². The van der Waals surface area contributed by atoms with E-state index in [2.05, 4.69) is 17.9 Å². The minimum Gasteiger partial charge on any atom is -0.494 e. The van der Waals surface area contributed by atoms with Crippen molar-refractivity contribution in [3.05, 3.63) is 104 Å². The Morgan fingerprint density at radius 1 is 0.650 bits per heavy atom. The molecule has 3 aromatic carbocycles. The molecule has 0 heterocycles. The molecular weight excluding hydrogens is 512 g/mol. The van der Waals surface area contributed by atoms with E-state index in [0.717, 1.165) is 48.8 Å². The third kappa shape index (κ3) is 10.1. The van der Waals surface area contributed by atoms with Crippen LogP contribution in [0.25, 0.3) is 11.1 Å². The van der Waals surface area contributed by atoms with Crippen LogP contribution < -0.4 is 14.2 Å². The zero-order valence-electron chi connectivity index (χ0n) is 22.2. The van der Waals surface area contributed by atoms with Crippen molar-refractivity contribution in [3.63, 3.8) is 0 Å². The summed E-state index contributed by atoms with van der Waals surface area (Å²) in [6, 6.07) is 21.3. The summed E-state index contributed by atoms with van der Waals surface area (Å²) in [6.07, 6.45) is 5.91. The van der Waals surface area contributed by atoms with Crippen molar-refractivity contribution in [3.8, 4) is 28.4 Å². The van der Waals surface area contributed by atoms with E-state index in [4.69, 9.17) is 18.9 Å². The highest BCUT2D eigenvalue weighted by atomic mass is 16.6. The maximum Gasteiger partial charge on any atom is 0.348 e. The predicted octanol–water partition coefficient (Wildman–Crippen LogP) is 6.31. The molecule has 0 saturated carbocycles. The first-order valence-electron chi connectivity index (χ1n) is 12.9. The highest BCUT2D eigenvalue weighted by Crippen LogP contribution is 2.25. The number of unbranched alkanes of at least 4 members (excludes halogenated alkanes) is 3. The van der Waals surface area contributed by atoms with Crippen molar-refractivity contribution >= 4 is 17.9 Å². The van der Waals surface area contributed by atoms with Gasteiger partial charge in [-0.1, -0.05) is 37.4 Å². The van der Waals surface area contributed by atoms with Crippen molar-refractivity contribution < 1.29 is 38.1 Å². The first-order valence-corrected chi connectivity index (χ1v) is 12.9. The standard InChI is InChI=1S/C32H32O8/c1-3-30(33)38-22-8-6-5-7-21-37-27-15-9-24(10-16-27)25-11-19-29(20-12-25)40-32(35)26-13-17-28(18-14-26)39-23-31(34)36-4-2/h3-4,9-20H,1-2,5-8,21-23H2. The van der Waals surface area contributed by atoms with Crippen LogP contribution in [0, 0.1) is 0 Å². The Bertz CT molecular complexity index is 1260. The van der Waals surface area contributed by atoms with Crippen molar-refractivity contribution in [2.24, 2.45) is 0 Å². The number of hydrogen-bond donors (Lipinski definition) is 0. The molecule has 0 bridgehead atoms. The van der Waals surface area contributed by atoms with Crippen LogP contribution in [-0.4, -0.2) is 37.7 Å². The second-order valence-corrected chi connectivity index (χ2v) is 8.54. The van der Waals surface area contributed by atoms with Crippen LogP contribution in [0.1, 0.15) is 36.0 Å². The number of hydrogen-bond acceptors (Lipinski definition) is 8. The molecule has 0 spiro atoms. The molecule has 0 aliphatic rings. The predicted molar refractivity (Wildman–Crippen MR) is 150 cm³/mol. The minimum atomic E-state index is -0.573. The zero-order valence-corrected chi connectivity index (χ0v) is 22.2. The average molecular weight is 545 g/mol. The van der Waals surface area contributed by atoms with Gasteiger partial charge in [0.15, 0.2) is 6.61 Å². The molecule has 0 unspecified atom stereocenters. The van der Waals surface area contributed by atoms with Gasteiger partial charge in [0.1, 0.15) is 17.2 Å². The SMILES string of the molecule is C=COC(=O)COc1ccc(C(=O)Oc2ccc(-c3ccc(OCCCCCCOC(=O)C=C)cc3)cc2)cc1. The highest BCUT2D eigenvalue weighted by molar-refractivity contribution is 5.91. The maximum absolute atomic E-state index is 12.5. The van der Waals surface area contributed by atoms with Crippen LogP contribution in [0.2, 0.25) is 0 Å². The Labute approximate surface area is 233 Å². The topological polar surface area (TPSA) is 97.4 Å². The molecule has 0 saturated heterocycles. The number of rotatable bonds is 16. The second-order valence-electron chi connectivity index (χ2n) is 8.54. The molecule has 208 valence electrons. The number of benzene rings is 3. The monoisotopic (exact) mass is 544 g/mol. The Hall–Kier alpha value is -4.85. The van der Waals surface area contributed by atoms with Crippen LogP contribution in [0.3, 0.4) is 0 Å². The van der Waals surface area contributed by atoms with Gasteiger partial charge in [-0.25, -0.2) is 14.4 Å². The molecule has 0 aliphatic carbocycles. The molecule has 8 nitrogen and oxygen atoms in total. The highest BCUT2D eigenvalue weighted by Gasteiger charge is 2.10. The fourth-order valence-electron chi connectivity index (χ4n) is 3.56. The Morgan fingerprint density at radius 3 is 1.80 bits per heavy atom. The summed E-state index contributed by atoms with van der Waals surface area (Å²) < 4.78 is 26.1. The first kappa shape index (κ1) is 29.7. The van der Waals surface area contributed by atoms with Gasteiger partial charge in [-0.15, -0.1) is 0 Å². The summed E-state index contributed by atoms with van der Waals surface area (Å²) in [5, 5.41) is 0. The lowest BCUT2D eigenvalue weighted by molar-refractivity contribution is -0.140. The van der Waals surface area contributed by atoms with Gasteiger partial charge in [-0.3, -0.25) is 0 Å². The molecule has 40 heavy (non-hydrogen) atoms. The molecule has 8 heteroatoms. The minimum absolute atomic E-state index is 0.267. The lowest BCUT2D eigenvalue weighted by Crippen LogP contribution is -2.12. The average Bonchev–Trinajstić information content (AvgIpc) is 2.98. The van der Waals surface area contributed by atoms with Gasteiger partial charge in [0.25, 0.3) is 0 Å². The van der Waals surface area contributed by atoms with Crippen LogP contribution >= 0.6 is 0 Å². The van der Waals surface area contributed by atoms with Crippen molar-refractivity contribution in [2.75, 3.05) is 19.8 Å². The summed E-state index contributed by atoms with van der Waals surface area (Å²) in [6.45, 7) is 7.44. The maximum atomic E-state index is 12.5. The van der Waals surface area contributed by atoms with Crippen LogP contribution in [-0.2, 0) is 19.1 Å². The fraction of sp³-hybridized carbons (Fsp3) is 0.219. The molecule has 0 amide bonds. The number of ether oxygens (including phenoxy) is 5. The summed E-state index contributed by atoms with van der Waals surface area (Å²) in [4.78, 5) is 34.8. The summed E-state index contributed by atoms with van der Waals surface area (Å²) in [5.74, 6) is 0.157. The zero-order chi connectivity index (χ0) is 28.6. The largest absolute Gasteiger partial charge is 0.494 e. The molecule has 0 radical (unpaired) electrons. The van der Waals surface area contributed by atoms with E-state index in [-0.39, 0.29) is 12.6 Å². The van der Waals surface area contributed by atoms with E-state index in [1.807, 2.05) is 36.4 Å². The van der Waals surface area contributed by atoms with Crippen molar-refractivity contribution in [1.29, 1.82) is 0 Å². The molecule has 0 aromatic heterocycles. The van der Waals surface area contributed by atoms with Gasteiger partial charge in [0, 0.05) is 6.08 Å². The molecule has 0 atom stereocenters. The Balaban J connectivity index is 1.40. The third-order valence-corrected chi connectivity index (χ3v) is 5.63. The van der Waals surface area contributed by atoms with Crippen LogP contribution in [0.5, 0.6) is 17.2 Å². The van der Waals surface area contributed by atoms with E-state index in [0.29, 0.717) is 30.3 Å². The van der Waals surface area contributed by atoms with Crippen molar-refractivity contribution in [2.45, 2.75) is 25.7 Å². The van der Waals surface area contributed by atoms with Crippen molar-refractivity contribution in [1.82, 2.24) is 0 Å². The molecule has 3 aromatic rings. The molecule has 0 aliphatic heterocycles. The van der Waals surface area contributed by atoms with Gasteiger partial charge in [-0.2, -0.15) is 0 Å². The first-order chi connectivity index (χ1) is 19.5. The number of esters is 3. The van der Waals surface area contributed by atoms with E-state index >= 15 is 0 Å². The lowest BCUT2D eigenvalue weighted by Gasteiger charge is -2.09. The van der Waals surface area contributed by atoms with Gasteiger partial charge < -0.3 is 23.7 Å². The second kappa shape index (κ2) is 16.2. The quantitative estimate of drug-likeness (QED) is 0.0681. The van der Waals surface area contributed by atoms with E-state index in [1.165, 1.54) is 6.08 Å². The van der Waals surface area contributed by atoms with Gasteiger partial charge in [0.2, 0.25) is 0 Å². The smallest absolute Gasteiger partial charge is 0.348 e. The van der Waals surface area contributed by atoms with Crippen LogP contribution in [0.4, 0.5) is 0 Å². The summed E-state index contributed by atoms with van der Waals surface area (Å²) in [7, 11) is 0. The van der Waals surface area contributed by atoms with Gasteiger partial charge in [0.05, 0.1) is 25.0 Å². The Kier molecular flexibility index (Phi) is 12.0. The summed E-state index contributed by atoms with van der Waals surface area (Å²) >= 11 is 0. The molecule has 0 fully saturated rings. The molecule has 3 rings (SSSR count). The lowest BCUT2D eigenvalue weighted by atomic mass is 10.1. The van der Waals surface area contributed by atoms with E-state index < -0.39 is 11.9 Å². The summed E-state index contributed by atoms with van der Waals surface area (Å²) in [5.41, 5.74) is 2.32. The Morgan fingerprint density at radius 2 is 1.20 bits per heavy atom.